The van der Waals surface area contributed by atoms with Crippen LogP contribution in [0.25, 0.3) is 0 Å². The molecule has 1 saturated carbocycles. The normalized spacial score (nSPS) is 26.0. The molecule has 2 N–H and O–H groups in total. The van der Waals surface area contributed by atoms with Crippen molar-refractivity contribution in [1.82, 2.24) is 0 Å². The molecule has 1 rings (SSSR count). The van der Waals surface area contributed by atoms with Gasteiger partial charge >= 0.3 is 5.97 Å². The fourth-order valence-corrected chi connectivity index (χ4v) is 4.27. The highest BCUT2D eigenvalue weighted by atomic mass is 32.2. The van der Waals surface area contributed by atoms with Crippen LogP contribution in [0.2, 0.25) is 0 Å². The molecule has 3 atom stereocenters. The average molecular weight is 301 g/mol. The number of rotatable bonds is 8. The third kappa shape index (κ3) is 6.49. The largest absolute Gasteiger partial charge is 0.465 e. The number of unbranched alkanes of at least 4 members (excludes halogenated alkanes) is 1. The highest BCUT2D eigenvalue weighted by Gasteiger charge is 2.29. The maximum atomic E-state index is 11.7. The molecule has 0 heterocycles. The lowest BCUT2D eigenvalue weighted by Crippen LogP contribution is -2.46. The lowest BCUT2D eigenvalue weighted by Gasteiger charge is -2.26. The van der Waals surface area contributed by atoms with Crippen molar-refractivity contribution in [1.29, 1.82) is 0 Å². The van der Waals surface area contributed by atoms with Crippen molar-refractivity contribution in [2.24, 2.45) is 11.7 Å². The molecule has 3 nitrogen and oxygen atoms in total. The molecule has 0 aromatic carbocycles. The summed E-state index contributed by atoms with van der Waals surface area (Å²) in [5.41, 5.74) is 5.19. The first-order valence-electron chi connectivity index (χ1n) is 8.03. The Morgan fingerprint density at radius 3 is 2.80 bits per heavy atom. The zero-order valence-electron chi connectivity index (χ0n) is 13.3. The minimum atomic E-state index is -0.819. The van der Waals surface area contributed by atoms with Crippen LogP contribution < -0.4 is 5.73 Å². The maximum Gasteiger partial charge on any atom is 0.325 e. The van der Waals surface area contributed by atoms with Crippen LogP contribution >= 0.6 is 11.8 Å². The molecule has 20 heavy (non-hydrogen) atoms. The van der Waals surface area contributed by atoms with E-state index >= 15 is 0 Å². The summed E-state index contributed by atoms with van der Waals surface area (Å²) >= 11 is 2.11. The molecule has 118 valence electrons. The SMILES string of the molecule is CCOC(=O)C(C)(N)CCCCSC1CCCC(C)C1. The standard InChI is InChI=1S/C16H31NO2S/c1-4-19-15(18)16(3,17)10-5-6-11-20-14-9-7-8-13(2)12-14/h13-14H,4-12,17H2,1-3H3. The van der Waals surface area contributed by atoms with Gasteiger partial charge in [-0.25, -0.2) is 0 Å². The Balaban J connectivity index is 2.10. The second-order valence-corrected chi connectivity index (χ2v) is 7.77. The fraction of sp³-hybridized carbons (Fsp3) is 0.938. The second kappa shape index (κ2) is 8.93. The molecule has 0 aromatic heterocycles. The molecule has 1 aliphatic carbocycles. The molecule has 0 saturated heterocycles. The van der Waals surface area contributed by atoms with Crippen molar-refractivity contribution in [3.63, 3.8) is 0 Å². The van der Waals surface area contributed by atoms with Gasteiger partial charge in [0.05, 0.1) is 6.61 Å². The zero-order valence-corrected chi connectivity index (χ0v) is 14.1. The van der Waals surface area contributed by atoms with Crippen molar-refractivity contribution < 1.29 is 9.53 Å². The molecule has 1 aliphatic rings. The number of carbonyl (C=O) groups excluding carboxylic acids is 1. The van der Waals surface area contributed by atoms with E-state index in [1.54, 1.807) is 6.92 Å². The Hall–Kier alpha value is -0.220. The molecule has 0 spiro atoms. The van der Waals surface area contributed by atoms with Crippen molar-refractivity contribution >= 4 is 17.7 Å². The molecule has 0 radical (unpaired) electrons. The van der Waals surface area contributed by atoms with E-state index in [2.05, 4.69) is 18.7 Å². The Morgan fingerprint density at radius 1 is 1.40 bits per heavy atom. The van der Waals surface area contributed by atoms with Crippen molar-refractivity contribution in [2.45, 2.75) is 76.5 Å². The predicted octanol–water partition coefficient (Wildman–Crippen LogP) is 3.75. The van der Waals surface area contributed by atoms with Gasteiger partial charge in [0.15, 0.2) is 0 Å². The summed E-state index contributed by atoms with van der Waals surface area (Å²) in [5.74, 6) is 1.82. The summed E-state index contributed by atoms with van der Waals surface area (Å²) in [6.45, 7) is 6.37. The van der Waals surface area contributed by atoms with Crippen LogP contribution in [0.5, 0.6) is 0 Å². The number of ether oxygens (including phenoxy) is 1. The van der Waals surface area contributed by atoms with Crippen molar-refractivity contribution in [2.75, 3.05) is 12.4 Å². The first-order valence-corrected chi connectivity index (χ1v) is 9.08. The topological polar surface area (TPSA) is 52.3 Å². The first kappa shape index (κ1) is 17.8. The first-order chi connectivity index (χ1) is 9.45. The monoisotopic (exact) mass is 301 g/mol. The van der Waals surface area contributed by atoms with E-state index in [0.29, 0.717) is 13.0 Å². The van der Waals surface area contributed by atoms with Gasteiger partial charge in [0.2, 0.25) is 0 Å². The number of thioether (sulfide) groups is 1. The van der Waals surface area contributed by atoms with E-state index in [0.717, 1.165) is 24.0 Å². The van der Waals surface area contributed by atoms with Crippen LogP contribution in [-0.4, -0.2) is 29.1 Å². The molecular weight excluding hydrogens is 270 g/mol. The number of hydrogen-bond acceptors (Lipinski definition) is 4. The van der Waals surface area contributed by atoms with Crippen LogP contribution in [0.4, 0.5) is 0 Å². The summed E-state index contributed by atoms with van der Waals surface area (Å²) in [7, 11) is 0. The minimum Gasteiger partial charge on any atom is -0.465 e. The summed E-state index contributed by atoms with van der Waals surface area (Å²) in [5, 5.41) is 0.855. The van der Waals surface area contributed by atoms with Crippen LogP contribution in [-0.2, 0) is 9.53 Å². The Morgan fingerprint density at radius 2 is 2.15 bits per heavy atom. The van der Waals surface area contributed by atoms with E-state index in [9.17, 15) is 4.79 Å². The number of nitrogens with two attached hydrogens (primary N) is 1. The van der Waals surface area contributed by atoms with E-state index in [1.807, 2.05) is 6.92 Å². The quantitative estimate of drug-likeness (QED) is 0.548. The van der Waals surface area contributed by atoms with Gasteiger partial charge in [0.25, 0.3) is 0 Å². The lowest BCUT2D eigenvalue weighted by atomic mass is 9.91. The Kier molecular flexibility index (Phi) is 7.96. The van der Waals surface area contributed by atoms with E-state index < -0.39 is 5.54 Å². The van der Waals surface area contributed by atoms with E-state index in [4.69, 9.17) is 10.5 Å². The van der Waals surface area contributed by atoms with Gasteiger partial charge in [-0.2, -0.15) is 11.8 Å². The summed E-state index contributed by atoms with van der Waals surface area (Å²) in [4.78, 5) is 11.7. The van der Waals surface area contributed by atoms with Gasteiger partial charge in [-0.15, -0.1) is 0 Å². The molecule has 4 heteroatoms. The molecular formula is C16H31NO2S. The van der Waals surface area contributed by atoms with Crippen molar-refractivity contribution in [3.05, 3.63) is 0 Å². The number of esters is 1. The van der Waals surface area contributed by atoms with E-state index in [1.165, 1.54) is 31.4 Å². The summed E-state index contributed by atoms with van der Waals surface area (Å²) in [6, 6.07) is 0. The smallest absolute Gasteiger partial charge is 0.325 e. The predicted molar refractivity (Wildman–Crippen MR) is 87.0 cm³/mol. The molecule has 1 fully saturated rings. The maximum absolute atomic E-state index is 11.7. The molecule has 0 amide bonds. The molecule has 0 aliphatic heterocycles. The highest BCUT2D eigenvalue weighted by Crippen LogP contribution is 2.32. The summed E-state index contributed by atoms with van der Waals surface area (Å²) < 4.78 is 5.00. The van der Waals surface area contributed by atoms with E-state index in [-0.39, 0.29) is 5.97 Å². The number of carbonyl (C=O) groups is 1. The van der Waals surface area contributed by atoms with Gasteiger partial charge < -0.3 is 10.5 Å². The van der Waals surface area contributed by atoms with Crippen LogP contribution in [0.1, 0.15) is 65.7 Å². The van der Waals surface area contributed by atoms with Crippen LogP contribution in [0.3, 0.4) is 0 Å². The zero-order chi connectivity index (χ0) is 15.0. The van der Waals surface area contributed by atoms with Gasteiger partial charge in [-0.3, -0.25) is 4.79 Å². The summed E-state index contributed by atoms with van der Waals surface area (Å²) in [6.07, 6.45) is 8.41. The van der Waals surface area contributed by atoms with Gasteiger partial charge in [-0.1, -0.05) is 26.2 Å². The number of hydrogen-bond donors (Lipinski definition) is 1. The Bertz CT molecular complexity index is 294. The highest BCUT2D eigenvalue weighted by molar-refractivity contribution is 7.99. The molecule has 0 bridgehead atoms. The Labute approximate surface area is 128 Å². The minimum absolute atomic E-state index is 0.270. The average Bonchev–Trinajstić information content (AvgIpc) is 2.38. The van der Waals surface area contributed by atoms with Crippen LogP contribution in [0, 0.1) is 5.92 Å². The molecule has 3 unspecified atom stereocenters. The van der Waals surface area contributed by atoms with Gasteiger partial charge in [-0.05, 0) is 51.2 Å². The van der Waals surface area contributed by atoms with Crippen molar-refractivity contribution in [3.8, 4) is 0 Å². The van der Waals surface area contributed by atoms with Gasteiger partial charge in [0, 0.05) is 5.25 Å². The second-order valence-electron chi connectivity index (χ2n) is 6.36. The van der Waals surface area contributed by atoms with Crippen LogP contribution in [0.15, 0.2) is 0 Å². The third-order valence-electron chi connectivity index (χ3n) is 4.07. The molecule has 0 aromatic rings. The third-order valence-corrected chi connectivity index (χ3v) is 5.50. The van der Waals surface area contributed by atoms with Gasteiger partial charge in [0.1, 0.15) is 5.54 Å². The fourth-order valence-electron chi connectivity index (χ4n) is 2.77. The lowest BCUT2D eigenvalue weighted by molar-refractivity contribution is -0.149.